The zero-order valence-corrected chi connectivity index (χ0v) is 11.2. The van der Waals surface area contributed by atoms with Gasteiger partial charge in [-0.1, -0.05) is 37.1 Å². The van der Waals surface area contributed by atoms with Crippen LogP contribution in [0.25, 0.3) is 0 Å². The van der Waals surface area contributed by atoms with Gasteiger partial charge in [-0.25, -0.2) is 0 Å². The van der Waals surface area contributed by atoms with E-state index in [0.29, 0.717) is 19.4 Å². The molecule has 2 aliphatic rings. The Morgan fingerprint density at radius 3 is 2.37 bits per heavy atom. The molecule has 1 aromatic carbocycles. The van der Waals surface area contributed by atoms with Crippen molar-refractivity contribution < 1.29 is 9.90 Å². The van der Waals surface area contributed by atoms with Crippen LogP contribution >= 0.6 is 0 Å². The largest absolute Gasteiger partial charge is 0.387 e. The number of carbonyl (C=O) groups excluding carboxylic acids is 1. The average molecular weight is 259 g/mol. The Morgan fingerprint density at radius 2 is 1.79 bits per heavy atom. The molecule has 0 aliphatic heterocycles. The number of carbonyl (C=O) groups is 1. The highest BCUT2D eigenvalue weighted by atomic mass is 16.3. The fourth-order valence-corrected chi connectivity index (χ4v) is 3.38. The number of amides is 1. The van der Waals surface area contributed by atoms with Gasteiger partial charge in [0.2, 0.25) is 5.91 Å². The zero-order valence-electron chi connectivity index (χ0n) is 11.2. The van der Waals surface area contributed by atoms with Crippen LogP contribution < -0.4 is 5.32 Å². The van der Waals surface area contributed by atoms with Crippen molar-refractivity contribution in [2.45, 2.75) is 44.1 Å². The number of hydrogen-bond acceptors (Lipinski definition) is 2. The van der Waals surface area contributed by atoms with E-state index in [4.69, 9.17) is 0 Å². The smallest absolute Gasteiger partial charge is 0.223 e. The summed E-state index contributed by atoms with van der Waals surface area (Å²) < 4.78 is 0. The fraction of sp³-hybridized carbons (Fsp3) is 0.562. The second kappa shape index (κ2) is 4.97. The van der Waals surface area contributed by atoms with Crippen molar-refractivity contribution in [1.82, 2.24) is 5.32 Å². The predicted octanol–water partition coefficient (Wildman–Crippen LogP) is 1.82. The summed E-state index contributed by atoms with van der Waals surface area (Å²) in [6.45, 7) is 0.372. The standard InChI is InChI=1S/C16H21NO2/c18-15(12-5-1-2-6-12)17-11-16(19)9-13-7-3-4-8-14(13)10-16/h3-4,7-8,12,19H,1-2,5-6,9-11H2,(H,17,18). The van der Waals surface area contributed by atoms with Gasteiger partial charge in [-0.2, -0.15) is 0 Å². The van der Waals surface area contributed by atoms with Crippen LogP contribution in [0.4, 0.5) is 0 Å². The van der Waals surface area contributed by atoms with Gasteiger partial charge < -0.3 is 10.4 Å². The molecule has 3 rings (SSSR count). The van der Waals surface area contributed by atoms with Crippen LogP contribution in [0.1, 0.15) is 36.8 Å². The van der Waals surface area contributed by atoms with E-state index < -0.39 is 5.60 Å². The van der Waals surface area contributed by atoms with Gasteiger partial charge >= 0.3 is 0 Å². The van der Waals surface area contributed by atoms with Crippen LogP contribution in [-0.4, -0.2) is 23.2 Å². The molecule has 0 radical (unpaired) electrons. The van der Waals surface area contributed by atoms with E-state index in [1.165, 1.54) is 11.1 Å². The minimum absolute atomic E-state index is 0.127. The van der Waals surface area contributed by atoms with Crippen molar-refractivity contribution >= 4 is 5.91 Å². The monoisotopic (exact) mass is 259 g/mol. The second-order valence-corrected chi connectivity index (χ2v) is 6.05. The third-order valence-corrected chi connectivity index (χ3v) is 4.48. The molecule has 1 aromatic rings. The van der Waals surface area contributed by atoms with Gasteiger partial charge in [0.15, 0.2) is 0 Å². The van der Waals surface area contributed by atoms with E-state index in [1.54, 1.807) is 0 Å². The quantitative estimate of drug-likeness (QED) is 0.870. The lowest BCUT2D eigenvalue weighted by molar-refractivity contribution is -0.126. The molecule has 0 saturated heterocycles. The normalized spacial score (nSPS) is 21.3. The maximum Gasteiger partial charge on any atom is 0.223 e. The zero-order chi connectivity index (χ0) is 13.3. The molecular weight excluding hydrogens is 238 g/mol. The minimum Gasteiger partial charge on any atom is -0.387 e. The minimum atomic E-state index is -0.794. The Hall–Kier alpha value is -1.35. The van der Waals surface area contributed by atoms with Crippen molar-refractivity contribution in [3.05, 3.63) is 35.4 Å². The van der Waals surface area contributed by atoms with Crippen LogP contribution in [0.5, 0.6) is 0 Å². The van der Waals surface area contributed by atoms with Crippen LogP contribution in [0, 0.1) is 5.92 Å². The molecular formula is C16H21NO2. The summed E-state index contributed by atoms with van der Waals surface area (Å²) in [5.74, 6) is 0.300. The molecule has 1 saturated carbocycles. The number of rotatable bonds is 3. The first-order valence-corrected chi connectivity index (χ1v) is 7.23. The summed E-state index contributed by atoms with van der Waals surface area (Å²) in [6, 6.07) is 8.13. The van der Waals surface area contributed by atoms with E-state index >= 15 is 0 Å². The predicted molar refractivity (Wildman–Crippen MR) is 73.8 cm³/mol. The van der Waals surface area contributed by atoms with Gasteiger partial charge in [0.25, 0.3) is 0 Å². The van der Waals surface area contributed by atoms with Crippen LogP contribution in [0.15, 0.2) is 24.3 Å². The second-order valence-electron chi connectivity index (χ2n) is 6.05. The van der Waals surface area contributed by atoms with Gasteiger partial charge in [-0.3, -0.25) is 4.79 Å². The summed E-state index contributed by atoms with van der Waals surface area (Å²) in [5, 5.41) is 13.5. The van der Waals surface area contributed by atoms with Crippen molar-refractivity contribution in [2.24, 2.45) is 5.92 Å². The van der Waals surface area contributed by atoms with Crippen LogP contribution in [0.3, 0.4) is 0 Å². The SMILES string of the molecule is O=C(NCC1(O)Cc2ccccc2C1)C1CCCC1. The summed E-state index contributed by atoms with van der Waals surface area (Å²) in [4.78, 5) is 12.0. The Kier molecular flexibility index (Phi) is 3.31. The molecule has 1 amide bonds. The van der Waals surface area contributed by atoms with E-state index in [-0.39, 0.29) is 11.8 Å². The molecule has 0 heterocycles. The number of hydrogen-bond donors (Lipinski definition) is 2. The first-order valence-electron chi connectivity index (χ1n) is 7.23. The Labute approximate surface area is 114 Å². The van der Waals surface area contributed by atoms with Gasteiger partial charge in [0.05, 0.1) is 5.60 Å². The third-order valence-electron chi connectivity index (χ3n) is 4.48. The third kappa shape index (κ3) is 2.66. The number of fused-ring (bicyclic) bond motifs is 1. The molecule has 0 atom stereocenters. The first-order chi connectivity index (χ1) is 9.16. The number of aliphatic hydroxyl groups is 1. The van der Waals surface area contributed by atoms with E-state index in [2.05, 4.69) is 17.4 Å². The van der Waals surface area contributed by atoms with E-state index in [9.17, 15) is 9.90 Å². The molecule has 0 unspecified atom stereocenters. The lowest BCUT2D eigenvalue weighted by Crippen LogP contribution is -2.45. The molecule has 1 fully saturated rings. The van der Waals surface area contributed by atoms with Crippen LogP contribution in [0.2, 0.25) is 0 Å². The van der Waals surface area contributed by atoms with Crippen molar-refractivity contribution in [3.8, 4) is 0 Å². The van der Waals surface area contributed by atoms with Gasteiger partial charge in [0, 0.05) is 25.3 Å². The summed E-state index contributed by atoms with van der Waals surface area (Å²) in [5.41, 5.74) is 1.62. The van der Waals surface area contributed by atoms with Gasteiger partial charge in [0.1, 0.15) is 0 Å². The van der Waals surface area contributed by atoms with E-state index in [0.717, 1.165) is 25.7 Å². The highest BCUT2D eigenvalue weighted by Gasteiger charge is 2.35. The fourth-order valence-electron chi connectivity index (χ4n) is 3.38. The summed E-state index contributed by atoms with van der Waals surface area (Å²) >= 11 is 0. The Balaban J connectivity index is 1.57. The van der Waals surface area contributed by atoms with Crippen molar-refractivity contribution in [1.29, 1.82) is 0 Å². The maximum atomic E-state index is 12.0. The Bertz CT molecular complexity index is 452. The number of nitrogens with one attached hydrogen (secondary N) is 1. The van der Waals surface area contributed by atoms with Gasteiger partial charge in [-0.15, -0.1) is 0 Å². The Morgan fingerprint density at radius 1 is 1.21 bits per heavy atom. The number of benzene rings is 1. The summed E-state index contributed by atoms with van der Waals surface area (Å²) in [6.07, 6.45) is 5.62. The summed E-state index contributed by atoms with van der Waals surface area (Å²) in [7, 11) is 0. The average Bonchev–Trinajstić information content (AvgIpc) is 3.02. The van der Waals surface area contributed by atoms with Crippen LogP contribution in [-0.2, 0) is 17.6 Å². The topological polar surface area (TPSA) is 49.3 Å². The highest BCUT2D eigenvalue weighted by molar-refractivity contribution is 5.78. The van der Waals surface area contributed by atoms with Crippen molar-refractivity contribution in [3.63, 3.8) is 0 Å². The maximum absolute atomic E-state index is 12.0. The molecule has 3 heteroatoms. The van der Waals surface area contributed by atoms with E-state index in [1.807, 2.05) is 12.1 Å². The molecule has 0 spiro atoms. The molecule has 19 heavy (non-hydrogen) atoms. The molecule has 3 nitrogen and oxygen atoms in total. The molecule has 102 valence electrons. The highest BCUT2D eigenvalue weighted by Crippen LogP contribution is 2.30. The molecule has 2 aliphatic carbocycles. The lowest BCUT2D eigenvalue weighted by Gasteiger charge is -2.23. The molecule has 2 N–H and O–H groups in total. The van der Waals surface area contributed by atoms with Gasteiger partial charge in [-0.05, 0) is 24.0 Å². The van der Waals surface area contributed by atoms with Crippen molar-refractivity contribution in [2.75, 3.05) is 6.54 Å². The first kappa shape index (κ1) is 12.7. The molecule has 0 bridgehead atoms. The lowest BCUT2D eigenvalue weighted by atomic mass is 9.99. The molecule has 0 aromatic heterocycles.